The number of aromatic hydroxyl groups is 1. The number of carbonyl (C=O) groups excluding carboxylic acids is 2. The fourth-order valence-electron chi connectivity index (χ4n) is 4.26. The van der Waals surface area contributed by atoms with E-state index in [-0.39, 0.29) is 5.75 Å². The van der Waals surface area contributed by atoms with Crippen molar-refractivity contribution in [2.75, 3.05) is 6.61 Å². The summed E-state index contributed by atoms with van der Waals surface area (Å²) in [5, 5.41) is 9.40. The highest BCUT2D eigenvalue weighted by atomic mass is 16.5. The lowest BCUT2D eigenvalue weighted by molar-refractivity contribution is 0.0725. The summed E-state index contributed by atoms with van der Waals surface area (Å²) >= 11 is 0. The maximum Gasteiger partial charge on any atom is 0.343 e. The van der Waals surface area contributed by atoms with Gasteiger partial charge in [-0.25, -0.2) is 9.59 Å². The van der Waals surface area contributed by atoms with E-state index >= 15 is 0 Å². The van der Waals surface area contributed by atoms with Crippen molar-refractivity contribution in [1.29, 1.82) is 0 Å². The van der Waals surface area contributed by atoms with Crippen LogP contribution in [0.2, 0.25) is 0 Å². The summed E-state index contributed by atoms with van der Waals surface area (Å²) in [6.45, 7) is 2.47. The average Bonchev–Trinajstić information content (AvgIpc) is 2.89. The quantitative estimate of drug-likeness (QED) is 0.269. The predicted octanol–water partition coefficient (Wildman–Crippen LogP) is 5.99. The number of phenolic OH excluding ortho intramolecular Hbond substituents is 1. The molecule has 0 aromatic heterocycles. The van der Waals surface area contributed by atoms with Crippen LogP contribution in [0.15, 0.2) is 84.9 Å². The number of ether oxygens (including phenoxy) is 3. The molecule has 5 rings (SSSR count). The second kappa shape index (κ2) is 9.96. The highest BCUT2D eigenvalue weighted by molar-refractivity contribution is 5.92. The number of rotatable bonds is 6. The third-order valence-corrected chi connectivity index (χ3v) is 6.03. The van der Waals surface area contributed by atoms with Crippen LogP contribution in [0, 0.1) is 0 Å². The van der Waals surface area contributed by atoms with Gasteiger partial charge in [0.1, 0.15) is 23.0 Å². The van der Waals surface area contributed by atoms with Gasteiger partial charge in [0.05, 0.1) is 17.7 Å². The molecule has 1 aliphatic rings. The van der Waals surface area contributed by atoms with Crippen molar-refractivity contribution in [1.82, 2.24) is 0 Å². The van der Waals surface area contributed by atoms with E-state index in [1.165, 1.54) is 24.3 Å². The Labute approximate surface area is 208 Å². The molecule has 6 nitrogen and oxygen atoms in total. The fraction of sp³-hybridized carbons (Fsp3) is 0.133. The van der Waals surface area contributed by atoms with Gasteiger partial charge in [0, 0.05) is 0 Å². The molecule has 0 radical (unpaired) electrons. The Morgan fingerprint density at radius 3 is 1.58 bits per heavy atom. The van der Waals surface area contributed by atoms with Crippen LogP contribution < -0.4 is 14.2 Å². The van der Waals surface area contributed by atoms with Crippen molar-refractivity contribution in [2.45, 2.75) is 19.8 Å². The Kier molecular flexibility index (Phi) is 6.41. The van der Waals surface area contributed by atoms with Crippen molar-refractivity contribution in [3.05, 3.63) is 107 Å². The van der Waals surface area contributed by atoms with Crippen LogP contribution in [-0.4, -0.2) is 23.7 Å². The number of aryl methyl sites for hydroxylation is 2. The topological polar surface area (TPSA) is 82.1 Å². The smallest absolute Gasteiger partial charge is 0.343 e. The summed E-state index contributed by atoms with van der Waals surface area (Å²) in [6, 6.07) is 24.1. The van der Waals surface area contributed by atoms with Gasteiger partial charge in [0.2, 0.25) is 0 Å². The van der Waals surface area contributed by atoms with E-state index in [4.69, 9.17) is 14.2 Å². The third-order valence-electron chi connectivity index (χ3n) is 6.03. The molecule has 0 amide bonds. The molecule has 0 atom stereocenters. The Balaban J connectivity index is 1.30. The molecule has 4 aromatic carbocycles. The minimum Gasteiger partial charge on any atom is -0.508 e. The Bertz CT molecular complexity index is 1420. The zero-order chi connectivity index (χ0) is 25.1. The average molecular weight is 481 g/mol. The molecule has 180 valence electrons. The monoisotopic (exact) mass is 480 g/mol. The second-order valence-corrected chi connectivity index (χ2v) is 8.42. The number of hydrogen-bond acceptors (Lipinski definition) is 6. The zero-order valence-corrected chi connectivity index (χ0v) is 19.7. The third kappa shape index (κ3) is 4.93. The largest absolute Gasteiger partial charge is 0.508 e. The van der Waals surface area contributed by atoms with Crippen molar-refractivity contribution in [3.63, 3.8) is 0 Å². The van der Waals surface area contributed by atoms with E-state index in [1.807, 2.05) is 31.2 Å². The number of hydrogen-bond donors (Lipinski definition) is 1. The molecule has 0 heterocycles. The minimum absolute atomic E-state index is 0.0908. The molecule has 36 heavy (non-hydrogen) atoms. The molecule has 6 heteroatoms. The van der Waals surface area contributed by atoms with Crippen LogP contribution in [0.4, 0.5) is 0 Å². The van der Waals surface area contributed by atoms with E-state index in [1.54, 1.807) is 36.4 Å². The molecule has 0 saturated heterocycles. The van der Waals surface area contributed by atoms with E-state index < -0.39 is 11.9 Å². The normalized spacial score (nSPS) is 11.7. The maximum atomic E-state index is 12.6. The minimum atomic E-state index is -0.481. The summed E-state index contributed by atoms with van der Waals surface area (Å²) < 4.78 is 16.6. The molecule has 4 aromatic rings. The molecule has 1 aliphatic carbocycles. The first-order chi connectivity index (χ1) is 17.5. The van der Waals surface area contributed by atoms with Gasteiger partial charge in [-0.2, -0.15) is 0 Å². The van der Waals surface area contributed by atoms with Gasteiger partial charge in [0.25, 0.3) is 0 Å². The predicted molar refractivity (Wildman–Crippen MR) is 135 cm³/mol. The lowest BCUT2D eigenvalue weighted by Crippen LogP contribution is -2.11. The van der Waals surface area contributed by atoms with E-state index in [0.717, 1.165) is 35.1 Å². The van der Waals surface area contributed by atoms with Crippen molar-refractivity contribution in [3.8, 4) is 34.1 Å². The highest BCUT2D eigenvalue weighted by Crippen LogP contribution is 2.37. The fourth-order valence-corrected chi connectivity index (χ4v) is 4.26. The number of carbonyl (C=O) groups is 2. The van der Waals surface area contributed by atoms with Gasteiger partial charge in [0.15, 0.2) is 0 Å². The molecule has 0 unspecified atom stereocenters. The van der Waals surface area contributed by atoms with Gasteiger partial charge in [-0.05, 0) is 115 Å². The van der Waals surface area contributed by atoms with Gasteiger partial charge < -0.3 is 19.3 Å². The second-order valence-electron chi connectivity index (χ2n) is 8.42. The molecule has 0 fully saturated rings. The summed E-state index contributed by atoms with van der Waals surface area (Å²) in [4.78, 5) is 25.0. The van der Waals surface area contributed by atoms with Crippen LogP contribution in [0.5, 0.6) is 23.0 Å². The number of phenols is 1. The Morgan fingerprint density at radius 2 is 1.11 bits per heavy atom. The number of esters is 2. The standard InChI is InChI=1S/C30H24O6/c1-2-34-24-11-7-20(8-12-24)30(33)36-26-14-16-28-22(18-26)4-3-21-17-25(13-15-27(21)28)35-29(32)19-5-9-23(31)10-6-19/h5-18,31H,2-4H2,1H3. The first kappa shape index (κ1) is 23.2. The van der Waals surface area contributed by atoms with Crippen molar-refractivity contribution >= 4 is 11.9 Å². The van der Waals surface area contributed by atoms with Crippen LogP contribution >= 0.6 is 0 Å². The SMILES string of the molecule is CCOc1ccc(C(=O)Oc2ccc3c(c2)CCc2cc(OC(=O)c4ccc(O)cc4)ccc2-3)cc1. The van der Waals surface area contributed by atoms with Crippen LogP contribution in [-0.2, 0) is 12.8 Å². The molecular weight excluding hydrogens is 456 g/mol. The number of benzene rings is 4. The first-order valence-corrected chi connectivity index (χ1v) is 11.7. The molecular formula is C30H24O6. The summed E-state index contributed by atoms with van der Waals surface area (Å²) in [6.07, 6.45) is 1.54. The lowest BCUT2D eigenvalue weighted by atomic mass is 9.85. The van der Waals surface area contributed by atoms with E-state index in [9.17, 15) is 14.7 Å². The summed E-state index contributed by atoms with van der Waals surface area (Å²) in [5.74, 6) is 0.860. The molecule has 0 bridgehead atoms. The number of fused-ring (bicyclic) bond motifs is 3. The van der Waals surface area contributed by atoms with Gasteiger partial charge >= 0.3 is 11.9 Å². The van der Waals surface area contributed by atoms with Crippen molar-refractivity contribution in [2.24, 2.45) is 0 Å². The van der Waals surface area contributed by atoms with Gasteiger partial charge in [-0.1, -0.05) is 12.1 Å². The molecule has 0 saturated carbocycles. The van der Waals surface area contributed by atoms with E-state index in [2.05, 4.69) is 0 Å². The highest BCUT2D eigenvalue weighted by Gasteiger charge is 2.19. The molecule has 1 N–H and O–H groups in total. The van der Waals surface area contributed by atoms with E-state index in [0.29, 0.717) is 35.0 Å². The maximum absolute atomic E-state index is 12.6. The summed E-state index contributed by atoms with van der Waals surface area (Å²) in [7, 11) is 0. The molecule has 0 spiro atoms. The summed E-state index contributed by atoms with van der Waals surface area (Å²) in [5.41, 5.74) is 5.11. The van der Waals surface area contributed by atoms with Crippen molar-refractivity contribution < 1.29 is 28.9 Å². The molecule has 0 aliphatic heterocycles. The lowest BCUT2D eigenvalue weighted by Gasteiger charge is -2.21. The zero-order valence-electron chi connectivity index (χ0n) is 19.7. The Morgan fingerprint density at radius 1 is 0.667 bits per heavy atom. The van der Waals surface area contributed by atoms with Gasteiger partial charge in [-0.3, -0.25) is 0 Å². The van der Waals surface area contributed by atoms with Gasteiger partial charge in [-0.15, -0.1) is 0 Å². The van der Waals surface area contributed by atoms with Crippen LogP contribution in [0.3, 0.4) is 0 Å². The first-order valence-electron chi connectivity index (χ1n) is 11.7. The van der Waals surface area contributed by atoms with Crippen LogP contribution in [0.1, 0.15) is 38.8 Å². The van der Waals surface area contributed by atoms with Crippen LogP contribution in [0.25, 0.3) is 11.1 Å². The Hall–Kier alpha value is -4.58.